The quantitative estimate of drug-likeness (QED) is 0.791. The van der Waals surface area contributed by atoms with Gasteiger partial charge in [0.05, 0.1) is 17.2 Å². The van der Waals surface area contributed by atoms with E-state index in [0.29, 0.717) is 16.7 Å². The Hall–Kier alpha value is -1.98. The Morgan fingerprint density at radius 1 is 1.00 bits per heavy atom. The molecule has 1 aromatic carbocycles. The summed E-state index contributed by atoms with van der Waals surface area (Å²) < 4.78 is 0. The van der Waals surface area contributed by atoms with Crippen molar-refractivity contribution < 1.29 is 9.59 Å². The van der Waals surface area contributed by atoms with Gasteiger partial charge in [0.25, 0.3) is 11.8 Å². The summed E-state index contributed by atoms with van der Waals surface area (Å²) in [5, 5.41) is 7.76. The van der Waals surface area contributed by atoms with Gasteiger partial charge in [0.2, 0.25) is 0 Å². The van der Waals surface area contributed by atoms with Crippen LogP contribution in [-0.4, -0.2) is 26.9 Å². The fourth-order valence-corrected chi connectivity index (χ4v) is 3.19. The molecule has 0 aliphatic carbocycles. The van der Waals surface area contributed by atoms with Crippen LogP contribution in [0.15, 0.2) is 30.3 Å². The van der Waals surface area contributed by atoms with Crippen LogP contribution in [0.25, 0.3) is 0 Å². The maximum absolute atomic E-state index is 12.7. The van der Waals surface area contributed by atoms with Crippen LogP contribution in [0.3, 0.4) is 0 Å². The molecule has 0 radical (unpaired) electrons. The monoisotopic (exact) mass is 349 g/mol. The van der Waals surface area contributed by atoms with Gasteiger partial charge < -0.3 is 0 Å². The number of aromatic nitrogens is 2. The highest BCUT2D eigenvalue weighted by molar-refractivity contribution is 6.32. The Kier molecular flexibility index (Phi) is 4.08. The molecule has 7 heteroatoms. The third-order valence-electron chi connectivity index (χ3n) is 3.80. The molecule has 1 aliphatic rings. The van der Waals surface area contributed by atoms with Crippen LogP contribution in [0, 0.1) is 5.92 Å². The predicted molar refractivity (Wildman–Crippen MR) is 86.6 cm³/mol. The van der Waals surface area contributed by atoms with Crippen molar-refractivity contribution in [1.29, 1.82) is 0 Å². The number of nitrogens with zero attached hydrogens (tertiary/aromatic N) is 3. The number of hydrogen-bond acceptors (Lipinski definition) is 4. The minimum absolute atomic E-state index is 0.0741. The third-order valence-corrected chi connectivity index (χ3v) is 4.28. The van der Waals surface area contributed by atoms with Gasteiger partial charge in [-0.05, 0) is 24.1 Å². The maximum atomic E-state index is 12.7. The van der Waals surface area contributed by atoms with Gasteiger partial charge in [-0.15, -0.1) is 10.2 Å². The first-order chi connectivity index (χ1) is 10.9. The van der Waals surface area contributed by atoms with Gasteiger partial charge in [0.15, 0.2) is 10.3 Å². The molecule has 0 fully saturated rings. The number of benzene rings is 1. The molecule has 0 spiro atoms. The molecule has 0 saturated heterocycles. The van der Waals surface area contributed by atoms with Gasteiger partial charge in [0, 0.05) is 5.56 Å². The van der Waals surface area contributed by atoms with Crippen molar-refractivity contribution >= 4 is 35.0 Å². The van der Waals surface area contributed by atoms with E-state index in [1.165, 1.54) is 4.90 Å². The molecule has 0 N–H and O–H groups in total. The Labute approximate surface area is 143 Å². The Balaban J connectivity index is 2.12. The predicted octanol–water partition coefficient (Wildman–Crippen LogP) is 3.78. The van der Waals surface area contributed by atoms with Crippen LogP contribution in [0.5, 0.6) is 0 Å². The van der Waals surface area contributed by atoms with E-state index in [1.807, 2.05) is 13.8 Å². The second-order valence-electron chi connectivity index (χ2n) is 5.63. The van der Waals surface area contributed by atoms with E-state index in [-0.39, 0.29) is 28.0 Å². The minimum Gasteiger partial charge on any atom is -0.269 e. The van der Waals surface area contributed by atoms with E-state index in [4.69, 9.17) is 23.2 Å². The van der Waals surface area contributed by atoms with Crippen LogP contribution < -0.4 is 0 Å². The van der Waals surface area contributed by atoms with Gasteiger partial charge in [-0.25, -0.2) is 0 Å². The minimum atomic E-state index is -0.567. The lowest BCUT2D eigenvalue weighted by atomic mass is 9.96. The van der Waals surface area contributed by atoms with Gasteiger partial charge >= 0.3 is 0 Å². The van der Waals surface area contributed by atoms with Crippen LogP contribution in [-0.2, 0) is 0 Å². The third kappa shape index (κ3) is 2.60. The van der Waals surface area contributed by atoms with E-state index in [0.717, 1.165) is 0 Å². The number of rotatable bonds is 3. The second kappa shape index (κ2) is 5.91. The number of fused-ring (bicyclic) bond motifs is 1. The zero-order valence-electron chi connectivity index (χ0n) is 12.5. The Morgan fingerprint density at radius 3 is 2.09 bits per heavy atom. The Morgan fingerprint density at radius 2 is 1.57 bits per heavy atom. The molecule has 1 aromatic heterocycles. The van der Waals surface area contributed by atoms with Gasteiger partial charge in [-0.3, -0.25) is 14.5 Å². The summed E-state index contributed by atoms with van der Waals surface area (Å²) in [4.78, 5) is 26.7. The molecule has 0 saturated carbocycles. The number of amides is 2. The number of imide groups is 1. The summed E-state index contributed by atoms with van der Waals surface area (Å²) in [6.45, 7) is 3.80. The highest BCUT2D eigenvalue weighted by Crippen LogP contribution is 2.38. The first-order valence-electron chi connectivity index (χ1n) is 7.07. The normalized spacial score (nSPS) is 15.3. The van der Waals surface area contributed by atoms with Crippen LogP contribution in [0.2, 0.25) is 10.3 Å². The molecule has 2 aromatic rings. The van der Waals surface area contributed by atoms with Crippen molar-refractivity contribution in [3.63, 3.8) is 0 Å². The van der Waals surface area contributed by atoms with Crippen molar-refractivity contribution in [2.75, 3.05) is 0 Å². The van der Waals surface area contributed by atoms with Crippen molar-refractivity contribution in [2.24, 2.45) is 5.92 Å². The smallest absolute Gasteiger partial charge is 0.262 e. The number of halogens is 2. The van der Waals surface area contributed by atoms with Crippen LogP contribution in [0.4, 0.5) is 0 Å². The van der Waals surface area contributed by atoms with Crippen molar-refractivity contribution in [2.45, 2.75) is 19.9 Å². The molecule has 3 rings (SSSR count). The van der Waals surface area contributed by atoms with Crippen LogP contribution in [0.1, 0.15) is 46.2 Å². The lowest BCUT2D eigenvalue weighted by Gasteiger charge is -2.30. The maximum Gasteiger partial charge on any atom is 0.262 e. The zero-order valence-corrected chi connectivity index (χ0v) is 14.0. The van der Waals surface area contributed by atoms with E-state index in [1.54, 1.807) is 30.3 Å². The topological polar surface area (TPSA) is 63.2 Å². The zero-order chi connectivity index (χ0) is 16.7. The molecule has 2 amide bonds. The van der Waals surface area contributed by atoms with Gasteiger partial charge in [-0.2, -0.15) is 0 Å². The molecule has 118 valence electrons. The molecular weight excluding hydrogens is 337 g/mol. The molecule has 2 heterocycles. The van der Waals surface area contributed by atoms with E-state index in [2.05, 4.69) is 10.2 Å². The van der Waals surface area contributed by atoms with Crippen molar-refractivity contribution in [1.82, 2.24) is 15.1 Å². The second-order valence-corrected chi connectivity index (χ2v) is 6.37. The molecule has 23 heavy (non-hydrogen) atoms. The van der Waals surface area contributed by atoms with E-state index in [9.17, 15) is 9.59 Å². The summed E-state index contributed by atoms with van der Waals surface area (Å²) in [6.07, 6.45) is 0. The summed E-state index contributed by atoms with van der Waals surface area (Å²) in [6, 6.07) is 7.73. The lowest BCUT2D eigenvalue weighted by molar-refractivity contribution is 0.0538. The molecular formula is C16H13Cl2N3O2. The molecule has 5 nitrogen and oxygen atoms in total. The number of hydrogen-bond donors (Lipinski definition) is 0. The standard InChI is InChI=1S/C16H13Cl2N3O2/c1-8(2)13(11-7-12(17)19-20-14(11)18)21-15(22)9-5-3-4-6-10(9)16(21)23/h3-8,13H,1-2H3/t13-/m0/s1. The summed E-state index contributed by atoms with van der Waals surface area (Å²) in [7, 11) is 0. The summed E-state index contributed by atoms with van der Waals surface area (Å²) in [5.41, 5.74) is 1.30. The largest absolute Gasteiger partial charge is 0.269 e. The summed E-state index contributed by atoms with van der Waals surface area (Å²) >= 11 is 12.1. The summed E-state index contributed by atoms with van der Waals surface area (Å²) in [5.74, 6) is -0.753. The van der Waals surface area contributed by atoms with Crippen molar-refractivity contribution in [3.05, 3.63) is 57.3 Å². The average molecular weight is 350 g/mol. The van der Waals surface area contributed by atoms with E-state index >= 15 is 0 Å². The molecule has 0 bridgehead atoms. The van der Waals surface area contributed by atoms with Crippen LogP contribution >= 0.6 is 23.2 Å². The van der Waals surface area contributed by atoms with E-state index < -0.39 is 6.04 Å². The molecule has 1 atom stereocenters. The molecule has 1 aliphatic heterocycles. The number of carbonyl (C=O) groups excluding carboxylic acids is 2. The highest BCUT2D eigenvalue weighted by atomic mass is 35.5. The lowest BCUT2D eigenvalue weighted by Crippen LogP contribution is -2.37. The first kappa shape index (κ1) is 15.9. The fourth-order valence-electron chi connectivity index (χ4n) is 2.83. The average Bonchev–Trinajstić information content (AvgIpc) is 2.76. The van der Waals surface area contributed by atoms with Gasteiger partial charge in [-0.1, -0.05) is 49.2 Å². The Bertz CT molecular complexity index is 773. The SMILES string of the molecule is CC(C)[C@@H](c1cc(Cl)nnc1Cl)N1C(=O)c2ccccc2C1=O. The number of carbonyl (C=O) groups is 2. The van der Waals surface area contributed by atoms with Crippen molar-refractivity contribution in [3.8, 4) is 0 Å². The molecule has 0 unspecified atom stereocenters. The first-order valence-corrected chi connectivity index (χ1v) is 7.83. The highest BCUT2D eigenvalue weighted by Gasteiger charge is 2.42. The fraction of sp³-hybridized carbons (Fsp3) is 0.250. The van der Waals surface area contributed by atoms with Gasteiger partial charge in [0.1, 0.15) is 0 Å².